The average Bonchev–Trinajstić information content (AvgIpc) is 2.71. The number of halogens is 1. The van der Waals surface area contributed by atoms with E-state index in [0.29, 0.717) is 0 Å². The molecule has 0 saturated carbocycles. The van der Waals surface area contributed by atoms with Crippen LogP contribution in [0.3, 0.4) is 0 Å². The normalized spacial score (nSPS) is 10.7. The second kappa shape index (κ2) is 4.80. The monoisotopic (exact) mass is 279 g/mol. The number of hydrogen-bond acceptors (Lipinski definition) is 2. The van der Waals surface area contributed by atoms with Crippen molar-refractivity contribution in [3.05, 3.63) is 46.2 Å². The Morgan fingerprint density at radius 2 is 2.19 bits per heavy atom. The van der Waals surface area contributed by atoms with E-state index in [1.54, 1.807) is 0 Å². The number of benzene rings is 1. The first-order valence-electron chi connectivity index (χ1n) is 5.17. The molecule has 3 nitrogen and oxygen atoms in total. The molecule has 0 fully saturated rings. The minimum atomic E-state index is 0.792. The van der Waals surface area contributed by atoms with Gasteiger partial charge in [-0.2, -0.15) is 5.10 Å². The van der Waals surface area contributed by atoms with Crippen LogP contribution in [0.2, 0.25) is 0 Å². The van der Waals surface area contributed by atoms with Crippen molar-refractivity contribution < 1.29 is 0 Å². The molecular weight excluding hydrogens is 266 g/mol. The lowest BCUT2D eigenvalue weighted by molar-refractivity contribution is 0.755. The molecule has 2 aromatic rings. The number of nitrogens with one attached hydrogen (secondary N) is 1. The lowest BCUT2D eigenvalue weighted by Crippen LogP contribution is -2.06. The summed E-state index contributed by atoms with van der Waals surface area (Å²) in [7, 11) is 1.92. The molecule has 0 aliphatic heterocycles. The Bertz CT molecular complexity index is 491. The Hall–Kier alpha value is -1.13. The summed E-state index contributed by atoms with van der Waals surface area (Å²) >= 11 is 3.53. The molecule has 0 aliphatic rings. The third-order valence-electron chi connectivity index (χ3n) is 2.49. The summed E-state index contributed by atoms with van der Waals surface area (Å²) in [6.45, 7) is 2.87. The summed E-state index contributed by atoms with van der Waals surface area (Å²) < 4.78 is 3.02. The molecule has 84 valence electrons. The van der Waals surface area contributed by atoms with Gasteiger partial charge in [0, 0.05) is 17.2 Å². The van der Waals surface area contributed by atoms with Crippen LogP contribution >= 0.6 is 15.9 Å². The molecule has 0 amide bonds. The van der Waals surface area contributed by atoms with Gasteiger partial charge in [0.25, 0.3) is 0 Å². The fraction of sp³-hybridized carbons (Fsp3) is 0.250. The molecule has 2 rings (SSSR count). The zero-order chi connectivity index (χ0) is 11.5. The highest BCUT2D eigenvalue weighted by atomic mass is 79.9. The first-order chi connectivity index (χ1) is 7.72. The van der Waals surface area contributed by atoms with Crippen molar-refractivity contribution in [3.8, 4) is 5.69 Å². The van der Waals surface area contributed by atoms with Crippen LogP contribution in [0.25, 0.3) is 5.69 Å². The maximum atomic E-state index is 4.51. The van der Waals surface area contributed by atoms with Crippen molar-refractivity contribution in [1.29, 1.82) is 0 Å². The predicted octanol–water partition coefficient (Wildman–Crippen LogP) is 2.66. The Kier molecular flexibility index (Phi) is 3.41. The van der Waals surface area contributed by atoms with Crippen molar-refractivity contribution in [1.82, 2.24) is 15.1 Å². The van der Waals surface area contributed by atoms with E-state index in [-0.39, 0.29) is 0 Å². The number of hydrogen-bond donors (Lipinski definition) is 1. The first-order valence-corrected chi connectivity index (χ1v) is 5.96. The highest BCUT2D eigenvalue weighted by molar-refractivity contribution is 9.10. The Labute approximate surface area is 104 Å². The highest BCUT2D eigenvalue weighted by Gasteiger charge is 2.05. The van der Waals surface area contributed by atoms with Gasteiger partial charge in [0.2, 0.25) is 0 Å². The standard InChI is InChI=1S/C12H14BrN3/c1-9-11(13)4-3-5-12(9)16-7-6-10(15-16)8-14-2/h3-7,14H,8H2,1-2H3. The van der Waals surface area contributed by atoms with Gasteiger partial charge >= 0.3 is 0 Å². The molecule has 0 unspecified atom stereocenters. The van der Waals surface area contributed by atoms with Crippen molar-refractivity contribution in [2.24, 2.45) is 0 Å². The van der Waals surface area contributed by atoms with E-state index in [1.165, 1.54) is 5.56 Å². The van der Waals surface area contributed by atoms with Gasteiger partial charge in [0.1, 0.15) is 0 Å². The zero-order valence-electron chi connectivity index (χ0n) is 9.37. The largest absolute Gasteiger partial charge is 0.314 e. The van der Waals surface area contributed by atoms with E-state index in [9.17, 15) is 0 Å². The molecule has 1 aromatic heterocycles. The molecular formula is C12H14BrN3. The molecule has 1 aromatic carbocycles. The SMILES string of the molecule is CNCc1ccn(-c2cccc(Br)c2C)n1. The topological polar surface area (TPSA) is 29.9 Å². The summed E-state index contributed by atoms with van der Waals surface area (Å²) in [6, 6.07) is 8.15. The fourth-order valence-corrected chi connectivity index (χ4v) is 1.97. The van der Waals surface area contributed by atoms with Crippen LogP contribution < -0.4 is 5.32 Å². The average molecular weight is 280 g/mol. The van der Waals surface area contributed by atoms with Crippen LogP contribution in [-0.2, 0) is 6.54 Å². The third-order valence-corrected chi connectivity index (χ3v) is 3.35. The van der Waals surface area contributed by atoms with E-state index in [4.69, 9.17) is 0 Å². The molecule has 0 aliphatic carbocycles. The second-order valence-electron chi connectivity index (χ2n) is 3.67. The van der Waals surface area contributed by atoms with E-state index < -0.39 is 0 Å². The maximum Gasteiger partial charge on any atom is 0.0766 e. The van der Waals surface area contributed by atoms with Gasteiger partial charge < -0.3 is 5.32 Å². The van der Waals surface area contributed by atoms with E-state index in [2.05, 4.69) is 39.3 Å². The number of rotatable bonds is 3. The van der Waals surface area contributed by atoms with E-state index in [1.807, 2.05) is 36.1 Å². The van der Waals surface area contributed by atoms with Gasteiger partial charge in [-0.15, -0.1) is 0 Å². The molecule has 0 radical (unpaired) electrons. The minimum absolute atomic E-state index is 0.792. The van der Waals surface area contributed by atoms with Crippen LogP contribution in [0.4, 0.5) is 0 Å². The van der Waals surface area contributed by atoms with Crippen LogP contribution in [0.1, 0.15) is 11.3 Å². The van der Waals surface area contributed by atoms with Gasteiger partial charge in [0.05, 0.1) is 11.4 Å². The van der Waals surface area contributed by atoms with Crippen molar-refractivity contribution in [2.75, 3.05) is 7.05 Å². The Morgan fingerprint density at radius 3 is 2.94 bits per heavy atom. The smallest absolute Gasteiger partial charge is 0.0766 e. The molecule has 0 saturated heterocycles. The summed E-state index contributed by atoms with van der Waals surface area (Å²) in [5, 5.41) is 7.60. The molecule has 4 heteroatoms. The van der Waals surface area contributed by atoms with Crippen molar-refractivity contribution in [2.45, 2.75) is 13.5 Å². The van der Waals surface area contributed by atoms with Crippen LogP contribution in [0, 0.1) is 6.92 Å². The van der Waals surface area contributed by atoms with Crippen LogP contribution in [0.5, 0.6) is 0 Å². The van der Waals surface area contributed by atoms with Crippen LogP contribution in [0.15, 0.2) is 34.9 Å². The van der Waals surface area contributed by atoms with E-state index >= 15 is 0 Å². The molecule has 0 bridgehead atoms. The summed E-state index contributed by atoms with van der Waals surface area (Å²) in [5.74, 6) is 0. The van der Waals surface area contributed by atoms with Crippen molar-refractivity contribution in [3.63, 3.8) is 0 Å². The minimum Gasteiger partial charge on any atom is -0.314 e. The fourth-order valence-electron chi connectivity index (χ4n) is 1.62. The summed E-state index contributed by atoms with van der Waals surface area (Å²) in [5.41, 5.74) is 3.35. The molecule has 1 N–H and O–H groups in total. The van der Waals surface area contributed by atoms with E-state index in [0.717, 1.165) is 22.4 Å². The summed E-state index contributed by atoms with van der Waals surface area (Å²) in [4.78, 5) is 0. The lowest BCUT2D eigenvalue weighted by Gasteiger charge is -2.07. The Morgan fingerprint density at radius 1 is 1.38 bits per heavy atom. The van der Waals surface area contributed by atoms with Gasteiger partial charge in [-0.05, 0) is 37.7 Å². The third kappa shape index (κ3) is 2.18. The second-order valence-corrected chi connectivity index (χ2v) is 4.52. The zero-order valence-corrected chi connectivity index (χ0v) is 11.0. The molecule has 16 heavy (non-hydrogen) atoms. The molecule has 0 spiro atoms. The quantitative estimate of drug-likeness (QED) is 0.936. The number of nitrogens with zero attached hydrogens (tertiary/aromatic N) is 2. The number of aromatic nitrogens is 2. The van der Waals surface area contributed by atoms with Crippen LogP contribution in [-0.4, -0.2) is 16.8 Å². The van der Waals surface area contributed by atoms with Gasteiger partial charge in [-0.1, -0.05) is 22.0 Å². The van der Waals surface area contributed by atoms with Gasteiger partial charge in [-0.3, -0.25) is 0 Å². The Balaban J connectivity index is 2.39. The predicted molar refractivity (Wildman–Crippen MR) is 68.8 cm³/mol. The van der Waals surface area contributed by atoms with Crippen molar-refractivity contribution >= 4 is 15.9 Å². The molecule has 0 atom stereocenters. The summed E-state index contributed by atoms with van der Waals surface area (Å²) in [6.07, 6.45) is 1.99. The van der Waals surface area contributed by atoms with Gasteiger partial charge in [-0.25, -0.2) is 4.68 Å². The van der Waals surface area contributed by atoms with Gasteiger partial charge in [0.15, 0.2) is 0 Å². The highest BCUT2D eigenvalue weighted by Crippen LogP contribution is 2.22. The lowest BCUT2D eigenvalue weighted by atomic mass is 10.2. The maximum absolute atomic E-state index is 4.51. The first kappa shape index (κ1) is 11.4. The molecule has 1 heterocycles.